The Hall–Kier alpha value is -2.44. The fourth-order valence-corrected chi connectivity index (χ4v) is 5.41. The predicted molar refractivity (Wildman–Crippen MR) is 129 cm³/mol. The Balaban J connectivity index is 1.69. The van der Waals surface area contributed by atoms with Gasteiger partial charge in [-0.2, -0.15) is 0 Å². The van der Waals surface area contributed by atoms with Crippen LogP contribution in [0.1, 0.15) is 39.0 Å². The zero-order valence-electron chi connectivity index (χ0n) is 18.3. The molecule has 168 valence electrons. The van der Waals surface area contributed by atoms with E-state index in [9.17, 15) is 9.59 Å². The Morgan fingerprint density at radius 3 is 2.28 bits per heavy atom. The predicted octanol–water partition coefficient (Wildman–Crippen LogP) is 5.88. The monoisotopic (exact) mass is 470 g/mol. The zero-order chi connectivity index (χ0) is 22.7. The third kappa shape index (κ3) is 4.66. The van der Waals surface area contributed by atoms with Gasteiger partial charge in [0.15, 0.2) is 0 Å². The lowest BCUT2D eigenvalue weighted by Gasteiger charge is -2.33. The molecule has 0 bridgehead atoms. The highest BCUT2D eigenvalue weighted by Crippen LogP contribution is 2.40. The van der Waals surface area contributed by atoms with E-state index in [1.165, 1.54) is 23.1 Å². The van der Waals surface area contributed by atoms with Crippen LogP contribution in [0.5, 0.6) is 5.75 Å². The van der Waals surface area contributed by atoms with Crippen molar-refractivity contribution in [1.82, 2.24) is 4.90 Å². The average Bonchev–Trinajstić information content (AvgIpc) is 3.05. The molecule has 2 aliphatic rings. The normalized spacial score (nSPS) is 17.3. The van der Waals surface area contributed by atoms with Crippen molar-refractivity contribution in [3.8, 4) is 5.75 Å². The summed E-state index contributed by atoms with van der Waals surface area (Å²) < 4.78 is 5.50. The van der Waals surface area contributed by atoms with Gasteiger partial charge in [0.05, 0.1) is 12.3 Å². The molecule has 1 aliphatic heterocycles. The first kappa shape index (κ1) is 22.7. The molecule has 7 heteroatoms. The molecule has 4 rings (SSSR count). The molecule has 32 heavy (non-hydrogen) atoms. The topological polar surface area (TPSA) is 49.9 Å². The van der Waals surface area contributed by atoms with Crippen LogP contribution in [0, 0.1) is 0 Å². The highest BCUT2D eigenvalue weighted by Gasteiger charge is 2.43. The highest BCUT2D eigenvalue weighted by atomic mass is 35.5. The Morgan fingerprint density at radius 1 is 1.00 bits per heavy atom. The van der Waals surface area contributed by atoms with Crippen LogP contribution in [-0.2, 0) is 9.59 Å². The second-order valence-electron chi connectivity index (χ2n) is 8.01. The smallest absolute Gasteiger partial charge is 0.283 e. The van der Waals surface area contributed by atoms with Crippen molar-refractivity contribution in [3.63, 3.8) is 0 Å². The van der Waals surface area contributed by atoms with E-state index in [0.29, 0.717) is 33.7 Å². The molecule has 2 aromatic carbocycles. The molecule has 0 saturated heterocycles. The number of halogens is 1. The van der Waals surface area contributed by atoms with Crippen molar-refractivity contribution < 1.29 is 14.3 Å². The molecular weight excluding hydrogens is 444 g/mol. The van der Waals surface area contributed by atoms with E-state index in [4.69, 9.17) is 16.3 Å². The number of nitrogens with zero attached hydrogens (tertiary/aromatic N) is 2. The van der Waals surface area contributed by atoms with E-state index < -0.39 is 0 Å². The highest BCUT2D eigenvalue weighted by molar-refractivity contribution is 8.04. The van der Waals surface area contributed by atoms with Gasteiger partial charge in [0.1, 0.15) is 16.4 Å². The first-order chi connectivity index (χ1) is 15.5. The number of rotatable bonds is 7. The number of hydrogen-bond acceptors (Lipinski definition) is 5. The minimum Gasteiger partial charge on any atom is -0.494 e. The Morgan fingerprint density at radius 2 is 1.66 bits per heavy atom. The number of hydrogen-bond donors (Lipinski definition) is 0. The summed E-state index contributed by atoms with van der Waals surface area (Å²) in [5.74, 6) is 0.138. The third-order valence-corrected chi connectivity index (χ3v) is 7.26. The van der Waals surface area contributed by atoms with Crippen molar-refractivity contribution in [2.45, 2.75) is 50.0 Å². The Bertz CT molecular complexity index is 1010. The lowest BCUT2D eigenvalue weighted by Crippen LogP contribution is -2.38. The van der Waals surface area contributed by atoms with Crippen molar-refractivity contribution in [1.29, 1.82) is 0 Å². The second-order valence-corrected chi connectivity index (χ2v) is 9.53. The fourth-order valence-electron chi connectivity index (χ4n) is 4.27. The van der Waals surface area contributed by atoms with E-state index in [2.05, 4.69) is 0 Å². The van der Waals surface area contributed by atoms with Crippen LogP contribution < -0.4 is 9.64 Å². The van der Waals surface area contributed by atoms with Gasteiger partial charge in [-0.1, -0.05) is 42.6 Å². The van der Waals surface area contributed by atoms with Crippen LogP contribution in [0.15, 0.2) is 64.0 Å². The summed E-state index contributed by atoms with van der Waals surface area (Å²) >= 11 is 7.35. The number of benzene rings is 2. The molecule has 0 unspecified atom stereocenters. The number of carbonyl (C=O) groups excluding carboxylic acids is 2. The number of imide groups is 1. The number of amides is 2. The fraction of sp³-hybridized carbons (Fsp3) is 0.360. The van der Waals surface area contributed by atoms with Crippen LogP contribution >= 0.6 is 23.4 Å². The van der Waals surface area contributed by atoms with Crippen LogP contribution in [0.25, 0.3) is 0 Å². The van der Waals surface area contributed by atoms with Crippen molar-refractivity contribution in [2.24, 2.45) is 0 Å². The van der Waals surface area contributed by atoms with Crippen LogP contribution in [0.2, 0.25) is 5.02 Å². The Kier molecular flexibility index (Phi) is 7.11. The number of carbonyl (C=O) groups is 2. The first-order valence-electron chi connectivity index (χ1n) is 11.0. The van der Waals surface area contributed by atoms with Gasteiger partial charge in [-0.05, 0) is 68.3 Å². The summed E-state index contributed by atoms with van der Waals surface area (Å²) in [6, 6.07) is 14.7. The van der Waals surface area contributed by atoms with E-state index in [1.54, 1.807) is 36.4 Å². The molecule has 1 fully saturated rings. The quantitative estimate of drug-likeness (QED) is 0.473. The minimum atomic E-state index is -0.295. The summed E-state index contributed by atoms with van der Waals surface area (Å²) in [6.45, 7) is 2.47. The summed E-state index contributed by atoms with van der Waals surface area (Å²) in [7, 11) is 1.95. The summed E-state index contributed by atoms with van der Waals surface area (Å²) in [5.41, 5.74) is 1.03. The van der Waals surface area contributed by atoms with Gasteiger partial charge in [-0.3, -0.25) is 9.59 Å². The van der Waals surface area contributed by atoms with E-state index in [1.807, 2.05) is 31.0 Å². The molecule has 0 radical (unpaired) electrons. The van der Waals surface area contributed by atoms with Crippen molar-refractivity contribution in [3.05, 3.63) is 64.2 Å². The van der Waals surface area contributed by atoms with Gasteiger partial charge in [0.25, 0.3) is 11.8 Å². The molecule has 0 aromatic heterocycles. The molecule has 2 amide bonds. The summed E-state index contributed by atoms with van der Waals surface area (Å²) in [4.78, 5) is 31.8. The molecule has 5 nitrogen and oxygen atoms in total. The minimum absolute atomic E-state index is 0.261. The van der Waals surface area contributed by atoms with E-state index in [-0.39, 0.29) is 17.9 Å². The van der Waals surface area contributed by atoms with Gasteiger partial charge in [0.2, 0.25) is 0 Å². The molecule has 0 spiro atoms. The standard InChI is InChI=1S/C25H27ClN2O3S/c1-3-31-20-13-11-19(12-14-20)28-24(29)22(27(2)18-7-5-4-6-8-18)23(25(28)30)32-21-15-9-17(26)10-16-21/h9-16,18H,3-8H2,1-2H3. The number of likely N-dealkylation sites (N-methyl/N-ethyl adjacent to an activating group) is 1. The maximum Gasteiger partial charge on any atom is 0.283 e. The summed E-state index contributed by atoms with van der Waals surface area (Å²) in [5, 5.41) is 0.632. The van der Waals surface area contributed by atoms with Gasteiger partial charge < -0.3 is 9.64 Å². The lowest BCUT2D eigenvalue weighted by molar-refractivity contribution is -0.121. The molecule has 2 aromatic rings. The van der Waals surface area contributed by atoms with Crippen LogP contribution in [-0.4, -0.2) is 36.4 Å². The zero-order valence-corrected chi connectivity index (χ0v) is 19.9. The first-order valence-corrected chi connectivity index (χ1v) is 12.2. The summed E-state index contributed by atoms with van der Waals surface area (Å²) in [6.07, 6.45) is 5.58. The number of thioether (sulfide) groups is 1. The van der Waals surface area contributed by atoms with Gasteiger partial charge in [0, 0.05) is 23.0 Å². The number of anilines is 1. The molecular formula is C25H27ClN2O3S. The van der Waals surface area contributed by atoms with Crippen molar-refractivity contribution in [2.75, 3.05) is 18.6 Å². The van der Waals surface area contributed by atoms with Gasteiger partial charge in [-0.15, -0.1) is 0 Å². The average molecular weight is 471 g/mol. The van der Waals surface area contributed by atoms with Crippen LogP contribution in [0.4, 0.5) is 5.69 Å². The maximum atomic E-state index is 13.6. The molecule has 1 saturated carbocycles. The van der Waals surface area contributed by atoms with E-state index >= 15 is 0 Å². The SMILES string of the molecule is CCOc1ccc(N2C(=O)C(Sc3ccc(Cl)cc3)=C(N(C)C3CCCCC3)C2=O)cc1. The maximum absolute atomic E-state index is 13.6. The molecule has 0 N–H and O–H groups in total. The Labute approximate surface area is 198 Å². The number of ether oxygens (including phenoxy) is 1. The van der Waals surface area contributed by atoms with Crippen molar-refractivity contribution >= 4 is 40.9 Å². The molecule has 0 atom stereocenters. The van der Waals surface area contributed by atoms with Crippen LogP contribution in [0.3, 0.4) is 0 Å². The third-order valence-electron chi connectivity index (χ3n) is 5.93. The van der Waals surface area contributed by atoms with Gasteiger partial charge >= 0.3 is 0 Å². The second kappa shape index (κ2) is 10.0. The molecule has 1 heterocycles. The lowest BCUT2D eigenvalue weighted by atomic mass is 9.94. The van der Waals surface area contributed by atoms with Gasteiger partial charge in [-0.25, -0.2) is 4.90 Å². The molecule has 1 aliphatic carbocycles. The van der Waals surface area contributed by atoms with E-state index in [0.717, 1.165) is 30.6 Å². The largest absolute Gasteiger partial charge is 0.494 e.